The summed E-state index contributed by atoms with van der Waals surface area (Å²) < 4.78 is 5.30. The van der Waals surface area contributed by atoms with Gasteiger partial charge in [0.05, 0.1) is 5.02 Å². The van der Waals surface area contributed by atoms with Gasteiger partial charge in [-0.3, -0.25) is 4.79 Å². The number of carbonyl (C=O) groups excluding carboxylic acids is 1. The Labute approximate surface area is 163 Å². The van der Waals surface area contributed by atoms with Crippen molar-refractivity contribution in [1.82, 2.24) is 15.5 Å². The lowest BCUT2D eigenvalue weighted by atomic mass is 9.86. The molecule has 1 aromatic heterocycles. The van der Waals surface area contributed by atoms with Gasteiger partial charge in [-0.2, -0.15) is 4.98 Å². The number of amides is 1. The lowest BCUT2D eigenvalue weighted by Gasteiger charge is -2.19. The molecule has 0 spiro atoms. The first-order valence-electron chi connectivity index (χ1n) is 8.75. The average molecular weight is 384 g/mol. The van der Waals surface area contributed by atoms with E-state index in [1.807, 2.05) is 42.5 Å². The summed E-state index contributed by atoms with van der Waals surface area (Å²) in [5, 5.41) is 7.39. The molecule has 3 aromatic rings. The van der Waals surface area contributed by atoms with Crippen LogP contribution in [0.15, 0.2) is 53.1 Å². The molecule has 1 atom stereocenters. The largest absolute Gasteiger partial charge is 0.341 e. The van der Waals surface area contributed by atoms with Gasteiger partial charge in [-0.15, -0.1) is 0 Å². The monoisotopic (exact) mass is 383 g/mol. The van der Waals surface area contributed by atoms with Gasteiger partial charge >= 0.3 is 0 Å². The van der Waals surface area contributed by atoms with Crippen LogP contribution in [0.3, 0.4) is 0 Å². The summed E-state index contributed by atoms with van der Waals surface area (Å²) in [5.74, 6) is 0.524. The summed E-state index contributed by atoms with van der Waals surface area (Å²) in [6.07, 6.45) is 0. The minimum atomic E-state index is -0.427. The molecule has 0 aliphatic carbocycles. The van der Waals surface area contributed by atoms with Crippen molar-refractivity contribution in [2.45, 2.75) is 39.2 Å². The third-order valence-corrected chi connectivity index (χ3v) is 4.62. The normalized spacial score (nSPS) is 12.6. The predicted molar refractivity (Wildman–Crippen MR) is 106 cm³/mol. The average Bonchev–Trinajstić information content (AvgIpc) is 3.11. The van der Waals surface area contributed by atoms with Crippen LogP contribution >= 0.6 is 11.6 Å². The van der Waals surface area contributed by atoms with Crippen LogP contribution in [0.4, 0.5) is 0 Å². The number of nitrogens with zero attached hydrogens (tertiary/aromatic N) is 2. The Kier molecular flexibility index (Phi) is 5.33. The van der Waals surface area contributed by atoms with Crippen molar-refractivity contribution >= 4 is 17.5 Å². The van der Waals surface area contributed by atoms with Crippen LogP contribution in [0.25, 0.3) is 11.4 Å². The second-order valence-electron chi connectivity index (χ2n) is 7.46. The maximum Gasteiger partial charge on any atom is 0.251 e. The van der Waals surface area contributed by atoms with Gasteiger partial charge in [0, 0.05) is 11.1 Å². The standard InChI is InChI=1S/C21H22ClN3O2/c1-13(20-24-18(25-27-20)16-7-5-6-8-17(16)22)23-19(26)14-9-11-15(12-10-14)21(2,3)4/h5-13H,1-4H3,(H,23,26). The van der Waals surface area contributed by atoms with Crippen molar-refractivity contribution in [2.75, 3.05) is 0 Å². The lowest BCUT2D eigenvalue weighted by Crippen LogP contribution is -2.27. The van der Waals surface area contributed by atoms with Crippen molar-refractivity contribution in [3.05, 3.63) is 70.6 Å². The number of benzene rings is 2. The van der Waals surface area contributed by atoms with Crippen LogP contribution in [0.2, 0.25) is 5.02 Å². The molecule has 1 amide bonds. The highest BCUT2D eigenvalue weighted by molar-refractivity contribution is 6.33. The summed E-state index contributed by atoms with van der Waals surface area (Å²) in [5.41, 5.74) is 2.49. The van der Waals surface area contributed by atoms with Crippen LogP contribution in [0, 0.1) is 0 Å². The third kappa shape index (κ3) is 4.37. The molecule has 0 bridgehead atoms. The number of aromatic nitrogens is 2. The van der Waals surface area contributed by atoms with Gasteiger partial charge in [0.2, 0.25) is 11.7 Å². The van der Waals surface area contributed by atoms with Crippen molar-refractivity contribution in [2.24, 2.45) is 0 Å². The van der Waals surface area contributed by atoms with Crippen LogP contribution < -0.4 is 5.32 Å². The smallest absolute Gasteiger partial charge is 0.251 e. The molecule has 0 fully saturated rings. The Morgan fingerprint density at radius 3 is 2.41 bits per heavy atom. The maximum absolute atomic E-state index is 12.5. The highest BCUT2D eigenvalue weighted by atomic mass is 35.5. The van der Waals surface area contributed by atoms with Crippen LogP contribution in [0.1, 0.15) is 55.5 Å². The molecule has 5 nitrogen and oxygen atoms in total. The lowest BCUT2D eigenvalue weighted by molar-refractivity contribution is 0.0932. The van der Waals surface area contributed by atoms with Gasteiger partial charge in [-0.1, -0.05) is 61.8 Å². The SMILES string of the molecule is CC(NC(=O)c1ccc(C(C)(C)C)cc1)c1nc(-c2ccccc2Cl)no1. The van der Waals surface area contributed by atoms with Gasteiger partial charge < -0.3 is 9.84 Å². The summed E-state index contributed by atoms with van der Waals surface area (Å²) in [6, 6.07) is 14.4. The number of carbonyl (C=O) groups is 1. The first-order valence-corrected chi connectivity index (χ1v) is 9.13. The quantitative estimate of drug-likeness (QED) is 0.674. The van der Waals surface area contributed by atoms with Gasteiger partial charge in [-0.25, -0.2) is 0 Å². The number of nitrogens with one attached hydrogen (secondary N) is 1. The summed E-state index contributed by atoms with van der Waals surface area (Å²) in [6.45, 7) is 8.20. The van der Waals surface area contributed by atoms with E-state index in [9.17, 15) is 4.79 Å². The summed E-state index contributed by atoms with van der Waals surface area (Å²) >= 11 is 6.17. The Bertz CT molecular complexity index is 943. The number of hydrogen-bond donors (Lipinski definition) is 1. The Balaban J connectivity index is 1.71. The molecule has 1 heterocycles. The van der Waals surface area contributed by atoms with E-state index in [1.165, 1.54) is 5.56 Å². The molecule has 2 aromatic carbocycles. The van der Waals surface area contributed by atoms with E-state index >= 15 is 0 Å². The van der Waals surface area contributed by atoms with Gasteiger partial charge in [0.1, 0.15) is 6.04 Å². The topological polar surface area (TPSA) is 68.0 Å². The van der Waals surface area contributed by atoms with Gasteiger partial charge in [-0.05, 0) is 42.2 Å². The van der Waals surface area contributed by atoms with Crippen molar-refractivity contribution in [3.63, 3.8) is 0 Å². The fraction of sp³-hybridized carbons (Fsp3) is 0.286. The minimum Gasteiger partial charge on any atom is -0.341 e. The van der Waals surface area contributed by atoms with E-state index in [0.29, 0.717) is 27.9 Å². The van der Waals surface area contributed by atoms with Crippen LogP contribution in [0.5, 0.6) is 0 Å². The van der Waals surface area contributed by atoms with E-state index in [-0.39, 0.29) is 11.3 Å². The summed E-state index contributed by atoms with van der Waals surface area (Å²) in [7, 11) is 0. The van der Waals surface area contributed by atoms with Crippen LogP contribution in [-0.2, 0) is 5.41 Å². The molecule has 0 saturated heterocycles. The molecule has 1 N–H and O–H groups in total. The first-order chi connectivity index (χ1) is 12.8. The number of rotatable bonds is 4. The zero-order chi connectivity index (χ0) is 19.6. The van der Waals surface area contributed by atoms with Crippen molar-refractivity contribution in [1.29, 1.82) is 0 Å². The van der Waals surface area contributed by atoms with E-state index in [1.54, 1.807) is 13.0 Å². The second-order valence-corrected chi connectivity index (χ2v) is 7.87. The molecule has 1 unspecified atom stereocenters. The van der Waals surface area contributed by atoms with Crippen molar-refractivity contribution in [3.8, 4) is 11.4 Å². The zero-order valence-electron chi connectivity index (χ0n) is 15.8. The fourth-order valence-corrected chi connectivity index (χ4v) is 2.85. The highest BCUT2D eigenvalue weighted by Crippen LogP contribution is 2.26. The molecular formula is C21H22ClN3O2. The second kappa shape index (κ2) is 7.53. The van der Waals surface area contributed by atoms with E-state index < -0.39 is 6.04 Å². The van der Waals surface area contributed by atoms with Gasteiger partial charge in [0.15, 0.2) is 0 Å². The third-order valence-electron chi connectivity index (χ3n) is 4.29. The predicted octanol–water partition coefficient (Wildman–Crippen LogP) is 5.18. The molecular weight excluding hydrogens is 362 g/mol. The number of hydrogen-bond acceptors (Lipinski definition) is 4. The molecule has 0 aliphatic heterocycles. The number of halogens is 1. The minimum absolute atomic E-state index is 0.0428. The first kappa shape index (κ1) is 19.1. The van der Waals surface area contributed by atoms with E-state index in [4.69, 9.17) is 16.1 Å². The molecule has 27 heavy (non-hydrogen) atoms. The fourth-order valence-electron chi connectivity index (χ4n) is 2.63. The molecule has 6 heteroatoms. The molecule has 0 saturated carbocycles. The molecule has 0 aliphatic rings. The van der Waals surface area contributed by atoms with Crippen molar-refractivity contribution < 1.29 is 9.32 Å². The Hall–Kier alpha value is -2.66. The molecule has 140 valence electrons. The Morgan fingerprint density at radius 1 is 1.11 bits per heavy atom. The van der Waals surface area contributed by atoms with Gasteiger partial charge in [0.25, 0.3) is 5.91 Å². The van der Waals surface area contributed by atoms with E-state index in [2.05, 4.69) is 36.2 Å². The Morgan fingerprint density at radius 2 is 1.78 bits per heavy atom. The summed E-state index contributed by atoms with van der Waals surface area (Å²) in [4.78, 5) is 16.9. The molecule has 0 radical (unpaired) electrons. The molecule has 3 rings (SSSR count). The van der Waals surface area contributed by atoms with Crippen LogP contribution in [-0.4, -0.2) is 16.0 Å². The van der Waals surface area contributed by atoms with E-state index in [0.717, 1.165) is 0 Å². The maximum atomic E-state index is 12.5. The zero-order valence-corrected chi connectivity index (χ0v) is 16.5. The highest BCUT2D eigenvalue weighted by Gasteiger charge is 2.20.